The summed E-state index contributed by atoms with van der Waals surface area (Å²) in [6.45, 7) is 5.92. The second-order valence-electron chi connectivity index (χ2n) is 3.24. The van der Waals surface area contributed by atoms with Gasteiger partial charge in [0, 0.05) is 19.6 Å². The van der Waals surface area contributed by atoms with E-state index in [1.54, 1.807) is 0 Å². The Kier molecular flexibility index (Phi) is 3.34. The Labute approximate surface area is 73.5 Å². The van der Waals surface area contributed by atoms with Gasteiger partial charge in [-0.2, -0.15) is 0 Å². The zero-order valence-electron chi connectivity index (χ0n) is 7.82. The zero-order chi connectivity index (χ0) is 8.97. The average Bonchev–Trinajstić information content (AvgIpc) is 2.08. The van der Waals surface area contributed by atoms with E-state index in [1.165, 1.54) is 0 Å². The first-order chi connectivity index (χ1) is 5.77. The molecule has 4 heteroatoms. The predicted molar refractivity (Wildman–Crippen MR) is 48.6 cm³/mol. The van der Waals surface area contributed by atoms with Gasteiger partial charge in [-0.05, 0) is 13.5 Å². The molecule has 0 atom stereocenters. The smallest absolute Gasteiger partial charge is 0.158 e. The highest BCUT2D eigenvalue weighted by atomic mass is 16.4. The van der Waals surface area contributed by atoms with Crippen molar-refractivity contribution >= 4 is 5.84 Å². The topological polar surface area (TPSA) is 39.1 Å². The van der Waals surface area contributed by atoms with Crippen LogP contribution in [-0.4, -0.2) is 54.1 Å². The van der Waals surface area contributed by atoms with Crippen LogP contribution in [0.4, 0.5) is 0 Å². The summed E-state index contributed by atoms with van der Waals surface area (Å²) in [6, 6.07) is 0. The van der Waals surface area contributed by atoms with Gasteiger partial charge in [0.15, 0.2) is 5.84 Å². The standard InChI is InChI=1S/C8H17N3O/c1-3-4-11-6-5-10(2)7-8(11)9-12/h12H,3-7H2,1-2H3. The van der Waals surface area contributed by atoms with Crippen LogP contribution in [0.5, 0.6) is 0 Å². The second kappa shape index (κ2) is 4.30. The van der Waals surface area contributed by atoms with Crippen LogP contribution in [-0.2, 0) is 0 Å². The fraction of sp³-hybridized carbons (Fsp3) is 0.875. The van der Waals surface area contributed by atoms with Gasteiger partial charge in [-0.15, -0.1) is 0 Å². The lowest BCUT2D eigenvalue weighted by molar-refractivity contribution is 0.237. The van der Waals surface area contributed by atoms with Crippen molar-refractivity contribution < 1.29 is 5.21 Å². The molecule has 1 N–H and O–H groups in total. The first-order valence-electron chi connectivity index (χ1n) is 4.42. The van der Waals surface area contributed by atoms with Crippen molar-refractivity contribution in [2.24, 2.45) is 5.16 Å². The van der Waals surface area contributed by atoms with E-state index in [9.17, 15) is 0 Å². The van der Waals surface area contributed by atoms with Crippen molar-refractivity contribution in [3.05, 3.63) is 0 Å². The number of hydrogen-bond donors (Lipinski definition) is 1. The van der Waals surface area contributed by atoms with Crippen molar-refractivity contribution in [1.82, 2.24) is 9.80 Å². The molecule has 0 bridgehead atoms. The van der Waals surface area contributed by atoms with Gasteiger partial charge in [-0.25, -0.2) is 0 Å². The Morgan fingerprint density at radius 1 is 1.50 bits per heavy atom. The summed E-state index contributed by atoms with van der Waals surface area (Å²) < 4.78 is 0. The maximum atomic E-state index is 8.73. The maximum absolute atomic E-state index is 8.73. The van der Waals surface area contributed by atoms with Crippen LogP contribution < -0.4 is 0 Å². The van der Waals surface area contributed by atoms with Crippen molar-refractivity contribution in [1.29, 1.82) is 0 Å². The molecule has 1 aliphatic rings. The van der Waals surface area contributed by atoms with Crippen LogP contribution in [0, 0.1) is 0 Å². The van der Waals surface area contributed by atoms with Crippen molar-refractivity contribution in [2.45, 2.75) is 13.3 Å². The Bertz CT molecular complexity index is 170. The van der Waals surface area contributed by atoms with Gasteiger partial charge in [0.25, 0.3) is 0 Å². The molecule has 70 valence electrons. The fourth-order valence-electron chi connectivity index (χ4n) is 1.45. The van der Waals surface area contributed by atoms with Crippen LogP contribution in [0.3, 0.4) is 0 Å². The van der Waals surface area contributed by atoms with E-state index in [0.717, 1.165) is 38.4 Å². The highest BCUT2D eigenvalue weighted by Crippen LogP contribution is 2.02. The molecule has 1 fully saturated rings. The fourth-order valence-corrected chi connectivity index (χ4v) is 1.45. The number of rotatable bonds is 2. The predicted octanol–water partition coefficient (Wildman–Crippen LogP) is 0.432. The van der Waals surface area contributed by atoms with Gasteiger partial charge in [-0.1, -0.05) is 12.1 Å². The van der Waals surface area contributed by atoms with E-state index in [0.29, 0.717) is 0 Å². The molecule has 0 aromatic rings. The number of likely N-dealkylation sites (N-methyl/N-ethyl adjacent to an activating group) is 1. The zero-order valence-corrected chi connectivity index (χ0v) is 7.82. The molecular formula is C8H17N3O. The van der Waals surface area contributed by atoms with Crippen LogP contribution in [0.25, 0.3) is 0 Å². The minimum Gasteiger partial charge on any atom is -0.409 e. The lowest BCUT2D eigenvalue weighted by Gasteiger charge is -2.33. The first-order valence-corrected chi connectivity index (χ1v) is 4.42. The molecule has 0 unspecified atom stereocenters. The van der Waals surface area contributed by atoms with E-state index in [1.807, 2.05) is 7.05 Å². The first kappa shape index (κ1) is 9.32. The highest BCUT2D eigenvalue weighted by Gasteiger charge is 2.18. The lowest BCUT2D eigenvalue weighted by atomic mass is 10.3. The minimum absolute atomic E-state index is 0.760. The van der Waals surface area contributed by atoms with Gasteiger partial charge in [0.1, 0.15) is 0 Å². The van der Waals surface area contributed by atoms with Gasteiger partial charge in [0.05, 0.1) is 6.54 Å². The monoisotopic (exact) mass is 171 g/mol. The molecule has 1 aliphatic heterocycles. The summed E-state index contributed by atoms with van der Waals surface area (Å²) in [4.78, 5) is 4.29. The third kappa shape index (κ3) is 2.11. The summed E-state index contributed by atoms with van der Waals surface area (Å²) in [5, 5.41) is 12.0. The van der Waals surface area contributed by atoms with Crippen LogP contribution in [0.1, 0.15) is 13.3 Å². The minimum atomic E-state index is 0.760. The van der Waals surface area contributed by atoms with Crippen molar-refractivity contribution in [2.75, 3.05) is 33.2 Å². The molecule has 4 nitrogen and oxygen atoms in total. The number of oxime groups is 1. The summed E-state index contributed by atoms with van der Waals surface area (Å²) in [7, 11) is 2.04. The third-order valence-corrected chi connectivity index (χ3v) is 2.14. The number of piperazine rings is 1. The van der Waals surface area contributed by atoms with Gasteiger partial charge >= 0.3 is 0 Å². The number of amidine groups is 1. The third-order valence-electron chi connectivity index (χ3n) is 2.14. The Morgan fingerprint density at radius 3 is 2.83 bits per heavy atom. The molecule has 0 saturated carbocycles. The molecule has 0 aromatic heterocycles. The number of hydrogen-bond acceptors (Lipinski definition) is 3. The lowest BCUT2D eigenvalue weighted by Crippen LogP contribution is -2.49. The molecule has 0 spiro atoms. The summed E-state index contributed by atoms with van der Waals surface area (Å²) in [6.07, 6.45) is 1.10. The van der Waals surface area contributed by atoms with Gasteiger partial charge in [0.2, 0.25) is 0 Å². The van der Waals surface area contributed by atoms with Crippen molar-refractivity contribution in [3.63, 3.8) is 0 Å². The molecule has 0 radical (unpaired) electrons. The SMILES string of the molecule is CCCN1CCN(C)CC1=NO. The van der Waals surface area contributed by atoms with E-state index >= 15 is 0 Å². The van der Waals surface area contributed by atoms with E-state index < -0.39 is 0 Å². The van der Waals surface area contributed by atoms with Crippen LogP contribution in [0.15, 0.2) is 5.16 Å². The summed E-state index contributed by atoms with van der Waals surface area (Å²) in [5.74, 6) is 0.797. The van der Waals surface area contributed by atoms with Crippen LogP contribution >= 0.6 is 0 Å². The highest BCUT2D eigenvalue weighted by molar-refractivity contribution is 5.84. The Morgan fingerprint density at radius 2 is 2.25 bits per heavy atom. The Hall–Kier alpha value is -0.770. The van der Waals surface area contributed by atoms with Crippen LogP contribution in [0.2, 0.25) is 0 Å². The summed E-state index contributed by atoms with van der Waals surface area (Å²) >= 11 is 0. The second-order valence-corrected chi connectivity index (χ2v) is 3.24. The number of nitrogens with zero attached hydrogens (tertiary/aromatic N) is 3. The molecule has 0 aliphatic carbocycles. The molecular weight excluding hydrogens is 154 g/mol. The quantitative estimate of drug-likeness (QED) is 0.484. The molecule has 1 heterocycles. The molecule has 0 aromatic carbocycles. The van der Waals surface area contributed by atoms with E-state index in [4.69, 9.17) is 5.21 Å². The molecule has 1 saturated heterocycles. The van der Waals surface area contributed by atoms with E-state index in [2.05, 4.69) is 21.9 Å². The molecule has 1 rings (SSSR count). The van der Waals surface area contributed by atoms with Gasteiger partial charge < -0.3 is 10.1 Å². The molecule has 0 amide bonds. The Balaban J connectivity index is 2.51. The van der Waals surface area contributed by atoms with Crippen molar-refractivity contribution in [3.8, 4) is 0 Å². The summed E-state index contributed by atoms with van der Waals surface area (Å²) in [5.41, 5.74) is 0. The maximum Gasteiger partial charge on any atom is 0.158 e. The van der Waals surface area contributed by atoms with Gasteiger partial charge in [-0.3, -0.25) is 4.90 Å². The normalized spacial score (nSPS) is 23.5. The average molecular weight is 171 g/mol. The molecule has 12 heavy (non-hydrogen) atoms. The van der Waals surface area contributed by atoms with E-state index in [-0.39, 0.29) is 0 Å². The largest absolute Gasteiger partial charge is 0.409 e.